The van der Waals surface area contributed by atoms with Gasteiger partial charge in [-0.15, -0.1) is 5.10 Å². The van der Waals surface area contributed by atoms with Crippen LogP contribution in [0.15, 0.2) is 87.7 Å². The van der Waals surface area contributed by atoms with Crippen LogP contribution in [0.25, 0.3) is 6.08 Å². The number of halogens is 3. The molecule has 0 bridgehead atoms. The molecule has 1 fully saturated rings. The number of benzene rings is 2. The monoisotopic (exact) mass is 637 g/mol. The highest BCUT2D eigenvalue weighted by atomic mass is 79.9. The molecule has 6 nitrogen and oxygen atoms in total. The molecule has 1 aromatic heterocycles. The smallest absolute Gasteiger partial charge is 0.267 e. The molecule has 0 atom stereocenters. The molecule has 1 aliphatic rings. The van der Waals surface area contributed by atoms with Crippen LogP contribution in [0, 0.1) is 0 Å². The molecule has 0 saturated carbocycles. The summed E-state index contributed by atoms with van der Waals surface area (Å²) in [6.45, 7) is 0.218. The molecule has 4 rings (SSSR count). The third-order valence-electron chi connectivity index (χ3n) is 4.33. The minimum absolute atomic E-state index is 0.0461. The van der Waals surface area contributed by atoms with E-state index in [1.165, 1.54) is 16.7 Å². The third kappa shape index (κ3) is 5.43. The van der Waals surface area contributed by atoms with Crippen LogP contribution in [0.1, 0.15) is 16.9 Å². The Bertz CT molecular complexity index is 1260. The molecule has 3 aromatic rings. The van der Waals surface area contributed by atoms with Crippen LogP contribution >= 0.6 is 59.6 Å². The fraction of sp³-hybridized carbons (Fsp3) is 0.0455. The molecule has 1 aliphatic heterocycles. The number of carbonyl (C=O) groups excluding carboxylic acids is 1. The Labute approximate surface area is 213 Å². The summed E-state index contributed by atoms with van der Waals surface area (Å²) < 4.78 is 7.63. The van der Waals surface area contributed by atoms with E-state index in [9.17, 15) is 9.90 Å². The van der Waals surface area contributed by atoms with E-state index in [1.54, 1.807) is 42.8 Å². The molecule has 0 aliphatic carbocycles. The number of carbonyl (C=O) groups is 1. The van der Waals surface area contributed by atoms with Crippen molar-refractivity contribution >= 4 is 82.9 Å². The first kappa shape index (κ1) is 23.0. The second kappa shape index (κ2) is 10.2. The summed E-state index contributed by atoms with van der Waals surface area (Å²) in [7, 11) is 0. The van der Waals surface area contributed by atoms with E-state index in [2.05, 4.69) is 58.0 Å². The lowest BCUT2D eigenvalue weighted by atomic mass is 10.2. The molecule has 0 radical (unpaired) electrons. The standard InChI is InChI=1S/C22H14Br3N3O3S/c23-15-4-1-3-13(7-15)11-26-27-22-28(12-17-5-2-6-31-17)21(30)19(32-22)9-14-8-16(24)10-18(25)20(14)29/h1-11,29H,12H2/b19-9-,26-11-,27-22+. The third-order valence-corrected chi connectivity index (χ3v) is 6.88. The molecule has 10 heteroatoms. The summed E-state index contributed by atoms with van der Waals surface area (Å²) in [5.41, 5.74) is 1.37. The number of amidine groups is 1. The van der Waals surface area contributed by atoms with Gasteiger partial charge in [-0.05, 0) is 75.7 Å². The zero-order valence-corrected chi connectivity index (χ0v) is 21.8. The van der Waals surface area contributed by atoms with Gasteiger partial charge in [0, 0.05) is 14.5 Å². The number of furan rings is 1. The summed E-state index contributed by atoms with van der Waals surface area (Å²) in [4.78, 5) is 15.1. The quantitative estimate of drug-likeness (QED) is 0.190. The number of aromatic hydroxyl groups is 1. The number of thioether (sulfide) groups is 1. The molecule has 32 heavy (non-hydrogen) atoms. The maximum Gasteiger partial charge on any atom is 0.267 e. The number of nitrogens with zero attached hydrogens (tertiary/aromatic N) is 3. The zero-order chi connectivity index (χ0) is 22.7. The van der Waals surface area contributed by atoms with Gasteiger partial charge in [0.15, 0.2) is 5.17 Å². The fourth-order valence-corrected chi connectivity index (χ4v) is 5.45. The van der Waals surface area contributed by atoms with Crippen molar-refractivity contribution in [2.75, 3.05) is 0 Å². The molecular weight excluding hydrogens is 626 g/mol. The van der Waals surface area contributed by atoms with Crippen molar-refractivity contribution < 1.29 is 14.3 Å². The number of rotatable bonds is 5. The fourth-order valence-electron chi connectivity index (χ4n) is 2.85. The lowest BCUT2D eigenvalue weighted by molar-refractivity contribution is -0.122. The summed E-state index contributed by atoms with van der Waals surface area (Å²) >= 11 is 11.3. The minimum Gasteiger partial charge on any atom is -0.506 e. The number of hydrogen-bond donors (Lipinski definition) is 1. The maximum absolute atomic E-state index is 13.2. The van der Waals surface area contributed by atoms with Crippen molar-refractivity contribution in [2.24, 2.45) is 10.2 Å². The molecule has 162 valence electrons. The van der Waals surface area contributed by atoms with Crippen LogP contribution < -0.4 is 0 Å². The van der Waals surface area contributed by atoms with Crippen molar-refractivity contribution in [3.05, 3.63) is 90.0 Å². The number of amides is 1. The van der Waals surface area contributed by atoms with Crippen molar-refractivity contribution in [2.45, 2.75) is 6.54 Å². The Morgan fingerprint density at radius 3 is 2.69 bits per heavy atom. The number of phenolic OH excluding ortho intramolecular Hbond substituents is 1. The SMILES string of the molecule is O=C1/C(=C/c2cc(Br)cc(Br)c2O)S/C(=N/N=C\c2cccc(Br)c2)N1Cc1ccco1. The zero-order valence-electron chi connectivity index (χ0n) is 16.2. The Morgan fingerprint density at radius 1 is 1.09 bits per heavy atom. The van der Waals surface area contributed by atoms with Gasteiger partial charge >= 0.3 is 0 Å². The first-order valence-corrected chi connectivity index (χ1v) is 12.4. The molecule has 2 aromatic carbocycles. The van der Waals surface area contributed by atoms with Crippen molar-refractivity contribution in [3.63, 3.8) is 0 Å². The first-order valence-electron chi connectivity index (χ1n) is 9.19. The van der Waals surface area contributed by atoms with Gasteiger partial charge in [-0.1, -0.05) is 44.0 Å². The second-order valence-electron chi connectivity index (χ2n) is 6.59. The molecule has 1 amide bonds. The van der Waals surface area contributed by atoms with Crippen LogP contribution in [0.4, 0.5) is 0 Å². The maximum atomic E-state index is 13.2. The molecule has 1 saturated heterocycles. The van der Waals surface area contributed by atoms with Gasteiger partial charge in [-0.3, -0.25) is 9.69 Å². The summed E-state index contributed by atoms with van der Waals surface area (Å²) in [5, 5.41) is 19.2. The van der Waals surface area contributed by atoms with Crippen LogP contribution in [-0.4, -0.2) is 27.3 Å². The minimum atomic E-state index is -0.252. The molecule has 0 unspecified atom stereocenters. The first-order chi connectivity index (χ1) is 15.4. The predicted octanol–water partition coefficient (Wildman–Crippen LogP) is 6.78. The van der Waals surface area contributed by atoms with Crippen LogP contribution in [0.2, 0.25) is 0 Å². The average Bonchev–Trinajstić information content (AvgIpc) is 3.36. The van der Waals surface area contributed by atoms with E-state index in [-0.39, 0.29) is 18.2 Å². The lowest BCUT2D eigenvalue weighted by Crippen LogP contribution is -2.28. The summed E-state index contributed by atoms with van der Waals surface area (Å²) in [5.74, 6) is 0.417. The van der Waals surface area contributed by atoms with Gasteiger partial charge in [0.2, 0.25) is 0 Å². The van der Waals surface area contributed by atoms with Gasteiger partial charge in [-0.2, -0.15) is 5.10 Å². The Balaban J connectivity index is 1.67. The topological polar surface area (TPSA) is 78.4 Å². The number of hydrogen-bond acceptors (Lipinski definition) is 6. The largest absolute Gasteiger partial charge is 0.506 e. The van der Waals surface area contributed by atoms with Crippen LogP contribution in [0.3, 0.4) is 0 Å². The van der Waals surface area contributed by atoms with Gasteiger partial charge in [0.25, 0.3) is 5.91 Å². The van der Waals surface area contributed by atoms with E-state index in [1.807, 2.05) is 24.3 Å². The van der Waals surface area contributed by atoms with Gasteiger partial charge in [-0.25, -0.2) is 0 Å². The Kier molecular flexibility index (Phi) is 7.34. The Hall–Kier alpha value is -2.14. The highest BCUT2D eigenvalue weighted by molar-refractivity contribution is 9.11. The van der Waals surface area contributed by atoms with E-state index in [0.717, 1.165) is 14.5 Å². The second-order valence-corrected chi connectivity index (χ2v) is 10.3. The Morgan fingerprint density at radius 2 is 1.94 bits per heavy atom. The van der Waals surface area contributed by atoms with Crippen LogP contribution in [0.5, 0.6) is 5.75 Å². The number of phenols is 1. The summed E-state index contributed by atoms with van der Waals surface area (Å²) in [6.07, 6.45) is 4.80. The van der Waals surface area contributed by atoms with E-state index in [0.29, 0.717) is 25.9 Å². The summed E-state index contributed by atoms with van der Waals surface area (Å²) in [6, 6.07) is 14.7. The van der Waals surface area contributed by atoms with E-state index in [4.69, 9.17) is 4.42 Å². The highest BCUT2D eigenvalue weighted by Gasteiger charge is 2.34. The lowest BCUT2D eigenvalue weighted by Gasteiger charge is -2.12. The predicted molar refractivity (Wildman–Crippen MR) is 138 cm³/mol. The van der Waals surface area contributed by atoms with E-state index < -0.39 is 0 Å². The van der Waals surface area contributed by atoms with Gasteiger partial charge in [0.05, 0.1) is 28.4 Å². The van der Waals surface area contributed by atoms with Crippen molar-refractivity contribution in [1.29, 1.82) is 0 Å². The average molecular weight is 640 g/mol. The van der Waals surface area contributed by atoms with Crippen molar-refractivity contribution in [1.82, 2.24) is 4.90 Å². The van der Waals surface area contributed by atoms with Gasteiger partial charge in [0.1, 0.15) is 11.5 Å². The molecule has 2 heterocycles. The van der Waals surface area contributed by atoms with Crippen LogP contribution in [-0.2, 0) is 11.3 Å². The van der Waals surface area contributed by atoms with E-state index >= 15 is 0 Å². The molecular formula is C22H14Br3N3O3S. The molecule has 0 spiro atoms. The normalized spacial score (nSPS) is 16.7. The highest BCUT2D eigenvalue weighted by Crippen LogP contribution is 2.38. The van der Waals surface area contributed by atoms with Gasteiger partial charge < -0.3 is 9.52 Å². The molecule has 1 N–H and O–H groups in total. The van der Waals surface area contributed by atoms with Crippen molar-refractivity contribution in [3.8, 4) is 5.75 Å².